The molecule has 2 aliphatic rings. The van der Waals surface area contributed by atoms with Crippen LogP contribution >= 0.6 is 11.3 Å². The number of piperidine rings is 1. The van der Waals surface area contributed by atoms with Gasteiger partial charge in [0.1, 0.15) is 0 Å². The number of rotatable bonds is 6. The number of nitrogens with one attached hydrogen (secondary N) is 1. The van der Waals surface area contributed by atoms with Crippen LogP contribution in [0.5, 0.6) is 0 Å². The van der Waals surface area contributed by atoms with E-state index < -0.39 is 10.0 Å². The number of hydrogen-bond acceptors (Lipinski definition) is 6. The molecule has 0 bridgehead atoms. The van der Waals surface area contributed by atoms with Gasteiger partial charge in [0, 0.05) is 43.1 Å². The van der Waals surface area contributed by atoms with E-state index in [0.717, 1.165) is 51.2 Å². The normalized spacial score (nSPS) is 28.9. The number of fused-ring (bicyclic) bond motifs is 1. The van der Waals surface area contributed by atoms with Crippen molar-refractivity contribution in [3.63, 3.8) is 0 Å². The smallest absolute Gasteiger partial charge is 0.208 e. The summed E-state index contributed by atoms with van der Waals surface area (Å²) in [6, 6.07) is 0. The molecule has 6 nitrogen and oxygen atoms in total. The molecule has 2 fully saturated rings. The van der Waals surface area contributed by atoms with E-state index in [-0.39, 0.29) is 11.5 Å². The van der Waals surface area contributed by atoms with Crippen LogP contribution in [-0.4, -0.2) is 56.9 Å². The second kappa shape index (κ2) is 6.76. The van der Waals surface area contributed by atoms with Gasteiger partial charge in [0.15, 0.2) is 0 Å². The van der Waals surface area contributed by atoms with E-state index in [4.69, 9.17) is 4.74 Å². The molecule has 3 rings (SSSR count). The summed E-state index contributed by atoms with van der Waals surface area (Å²) in [5.41, 5.74) is 3.10. The van der Waals surface area contributed by atoms with E-state index in [2.05, 4.69) is 21.5 Å². The molecule has 1 N–H and O–H groups in total. The number of thiazole rings is 1. The molecule has 0 unspecified atom stereocenters. The first kappa shape index (κ1) is 17.3. The Bertz CT molecular complexity index is 646. The quantitative estimate of drug-likeness (QED) is 0.831. The molecule has 0 amide bonds. The van der Waals surface area contributed by atoms with Crippen LogP contribution in [0.4, 0.5) is 0 Å². The third-order valence-electron chi connectivity index (χ3n) is 5.05. The Morgan fingerprint density at radius 3 is 3.09 bits per heavy atom. The van der Waals surface area contributed by atoms with E-state index in [0.29, 0.717) is 6.54 Å². The average Bonchev–Trinajstić information content (AvgIpc) is 3.04. The standard InChI is InChI=1S/C15H25N3O3S2/c1-12-13(22-11-16-12)9-18-7-3-14-15(10-18,5-8-21-14)4-6-17-23(2,19)20/h11,14,17H,3-10H2,1-2H3/t14-,15+/m0/s1. The largest absolute Gasteiger partial charge is 0.378 e. The Kier molecular flexibility index (Phi) is 5.08. The maximum atomic E-state index is 11.3. The molecule has 0 spiro atoms. The topological polar surface area (TPSA) is 71.5 Å². The van der Waals surface area contributed by atoms with Gasteiger partial charge in [-0.1, -0.05) is 0 Å². The third-order valence-corrected chi connectivity index (χ3v) is 6.70. The van der Waals surface area contributed by atoms with Crippen LogP contribution < -0.4 is 4.72 Å². The second-order valence-electron chi connectivity index (χ2n) is 6.75. The molecule has 0 aliphatic carbocycles. The lowest BCUT2D eigenvalue weighted by Gasteiger charge is -2.43. The maximum Gasteiger partial charge on any atom is 0.208 e. The number of ether oxygens (including phenoxy) is 1. The summed E-state index contributed by atoms with van der Waals surface area (Å²) in [7, 11) is -3.13. The Morgan fingerprint density at radius 2 is 2.39 bits per heavy atom. The number of aromatic nitrogens is 1. The minimum atomic E-state index is -3.13. The number of likely N-dealkylation sites (tertiary alicyclic amines) is 1. The molecule has 1 aromatic rings. The molecule has 130 valence electrons. The molecule has 0 radical (unpaired) electrons. The highest BCUT2D eigenvalue weighted by Crippen LogP contribution is 2.43. The monoisotopic (exact) mass is 359 g/mol. The van der Waals surface area contributed by atoms with Crippen molar-refractivity contribution in [2.75, 3.05) is 32.5 Å². The van der Waals surface area contributed by atoms with Crippen LogP contribution in [0.15, 0.2) is 5.51 Å². The van der Waals surface area contributed by atoms with Crippen molar-refractivity contribution < 1.29 is 13.2 Å². The Hall–Kier alpha value is -0.540. The lowest BCUT2D eigenvalue weighted by atomic mass is 9.74. The molecule has 2 atom stereocenters. The van der Waals surface area contributed by atoms with Crippen LogP contribution in [0.25, 0.3) is 0 Å². The van der Waals surface area contributed by atoms with Crippen LogP contribution in [0, 0.1) is 12.3 Å². The maximum absolute atomic E-state index is 11.3. The zero-order valence-corrected chi connectivity index (χ0v) is 15.4. The number of nitrogens with zero attached hydrogens (tertiary/aromatic N) is 2. The van der Waals surface area contributed by atoms with Gasteiger partial charge < -0.3 is 4.74 Å². The van der Waals surface area contributed by atoms with Crippen molar-refractivity contribution in [2.24, 2.45) is 5.41 Å². The minimum Gasteiger partial charge on any atom is -0.378 e. The third kappa shape index (κ3) is 4.11. The fourth-order valence-corrected chi connectivity index (χ4v) is 5.09. The highest BCUT2D eigenvalue weighted by molar-refractivity contribution is 7.88. The van der Waals surface area contributed by atoms with Crippen LogP contribution in [0.1, 0.15) is 29.8 Å². The average molecular weight is 360 g/mol. The summed E-state index contributed by atoms with van der Waals surface area (Å²) >= 11 is 1.71. The first-order valence-corrected chi connectivity index (χ1v) is 10.8. The lowest BCUT2D eigenvalue weighted by molar-refractivity contribution is -0.0234. The Morgan fingerprint density at radius 1 is 1.57 bits per heavy atom. The summed E-state index contributed by atoms with van der Waals surface area (Å²) in [4.78, 5) is 8.14. The van der Waals surface area contributed by atoms with E-state index in [1.165, 1.54) is 11.1 Å². The van der Waals surface area contributed by atoms with Gasteiger partial charge in [-0.15, -0.1) is 11.3 Å². The summed E-state index contributed by atoms with van der Waals surface area (Å²) in [5, 5.41) is 0. The molecule has 2 saturated heterocycles. The van der Waals surface area contributed by atoms with Gasteiger partial charge in [-0.2, -0.15) is 0 Å². The Labute approximate surface area is 142 Å². The summed E-state index contributed by atoms with van der Waals surface area (Å²) in [5.74, 6) is 0. The lowest BCUT2D eigenvalue weighted by Crippen LogP contribution is -2.50. The molecule has 23 heavy (non-hydrogen) atoms. The van der Waals surface area contributed by atoms with E-state index in [1.54, 1.807) is 11.3 Å². The first-order chi connectivity index (χ1) is 10.9. The SMILES string of the molecule is Cc1ncsc1CN1CC[C@@H]2OCC[C@]2(CCNS(C)(=O)=O)C1. The molecular weight excluding hydrogens is 334 g/mol. The van der Waals surface area contributed by atoms with E-state index in [1.807, 2.05) is 5.51 Å². The van der Waals surface area contributed by atoms with Crippen LogP contribution in [0.3, 0.4) is 0 Å². The van der Waals surface area contributed by atoms with Crippen molar-refractivity contribution in [3.8, 4) is 0 Å². The van der Waals surface area contributed by atoms with Crippen LogP contribution in [-0.2, 0) is 21.3 Å². The van der Waals surface area contributed by atoms with Gasteiger partial charge in [0.25, 0.3) is 0 Å². The summed E-state index contributed by atoms with van der Waals surface area (Å²) in [6.45, 7) is 6.28. The van der Waals surface area contributed by atoms with Crippen LogP contribution in [0.2, 0.25) is 0 Å². The fourth-order valence-electron chi connectivity index (χ4n) is 3.80. The summed E-state index contributed by atoms with van der Waals surface area (Å²) in [6.07, 6.45) is 4.36. The molecular formula is C15H25N3O3S2. The molecule has 1 aromatic heterocycles. The van der Waals surface area contributed by atoms with Gasteiger partial charge in [0.05, 0.1) is 23.6 Å². The van der Waals surface area contributed by atoms with Gasteiger partial charge in [-0.25, -0.2) is 18.1 Å². The van der Waals surface area contributed by atoms with Gasteiger partial charge in [-0.05, 0) is 26.2 Å². The zero-order chi connectivity index (χ0) is 16.5. The van der Waals surface area contributed by atoms with Crippen molar-refractivity contribution in [3.05, 3.63) is 16.1 Å². The van der Waals surface area contributed by atoms with Crippen molar-refractivity contribution in [2.45, 2.75) is 38.8 Å². The molecule has 2 aliphatic heterocycles. The molecule has 8 heteroatoms. The molecule has 0 aromatic carbocycles. The second-order valence-corrected chi connectivity index (χ2v) is 9.52. The van der Waals surface area contributed by atoms with Crippen molar-refractivity contribution >= 4 is 21.4 Å². The number of sulfonamides is 1. The summed E-state index contributed by atoms with van der Waals surface area (Å²) < 4.78 is 31.2. The van der Waals surface area contributed by atoms with Gasteiger partial charge >= 0.3 is 0 Å². The zero-order valence-electron chi connectivity index (χ0n) is 13.7. The predicted octanol–water partition coefficient (Wildman–Crippen LogP) is 1.37. The highest BCUT2D eigenvalue weighted by Gasteiger charge is 2.47. The number of aryl methyl sites for hydroxylation is 1. The van der Waals surface area contributed by atoms with Gasteiger partial charge in [0.2, 0.25) is 10.0 Å². The van der Waals surface area contributed by atoms with Crippen molar-refractivity contribution in [1.82, 2.24) is 14.6 Å². The van der Waals surface area contributed by atoms with E-state index >= 15 is 0 Å². The van der Waals surface area contributed by atoms with E-state index in [9.17, 15) is 8.42 Å². The Balaban J connectivity index is 1.65. The van der Waals surface area contributed by atoms with Crippen molar-refractivity contribution in [1.29, 1.82) is 0 Å². The molecule has 3 heterocycles. The van der Waals surface area contributed by atoms with Gasteiger partial charge in [-0.3, -0.25) is 4.90 Å². The number of hydrogen-bond donors (Lipinski definition) is 1. The predicted molar refractivity (Wildman–Crippen MR) is 91.0 cm³/mol. The molecule has 0 saturated carbocycles. The first-order valence-electron chi connectivity index (χ1n) is 8.06. The fraction of sp³-hybridized carbons (Fsp3) is 0.800. The highest BCUT2D eigenvalue weighted by atomic mass is 32.2. The minimum absolute atomic E-state index is 0.0779.